The Kier molecular flexibility index (Phi) is 2.87. The number of hydrogen-bond donors (Lipinski definition) is 0. The maximum Gasteiger partial charge on any atom is 0.246 e. The van der Waals surface area contributed by atoms with Gasteiger partial charge in [-0.05, 0) is 20.3 Å². The van der Waals surface area contributed by atoms with Gasteiger partial charge in [-0.15, -0.1) is 0 Å². The number of rotatable bonds is 3. The average Bonchev–Trinajstić information content (AvgIpc) is 3.06. The Morgan fingerprint density at radius 3 is 3.00 bits per heavy atom. The third kappa shape index (κ3) is 2.03. The lowest BCUT2D eigenvalue weighted by atomic mass is 10.1. The number of aromatic nitrogens is 4. The molecule has 3 heterocycles. The summed E-state index contributed by atoms with van der Waals surface area (Å²) in [5.74, 6) is 1.67. The molecule has 18 heavy (non-hydrogen) atoms. The van der Waals surface area contributed by atoms with E-state index in [2.05, 4.69) is 15.1 Å². The second-order valence-corrected chi connectivity index (χ2v) is 4.65. The van der Waals surface area contributed by atoms with Crippen LogP contribution in [0.5, 0.6) is 0 Å². The monoisotopic (exact) mass is 248 g/mol. The Labute approximate surface area is 105 Å². The molecular formula is C12H16N4O2. The van der Waals surface area contributed by atoms with Gasteiger partial charge in [0.1, 0.15) is 6.54 Å². The van der Waals surface area contributed by atoms with E-state index in [4.69, 9.17) is 9.26 Å². The topological polar surface area (TPSA) is 66.0 Å². The summed E-state index contributed by atoms with van der Waals surface area (Å²) in [6.45, 7) is 6.08. The van der Waals surface area contributed by atoms with Crippen LogP contribution in [0.3, 0.4) is 0 Å². The Morgan fingerprint density at radius 2 is 2.33 bits per heavy atom. The van der Waals surface area contributed by atoms with Crippen LogP contribution in [0.15, 0.2) is 10.9 Å². The molecule has 1 atom stereocenters. The summed E-state index contributed by atoms with van der Waals surface area (Å²) in [4.78, 5) is 8.68. The number of ether oxygens (including phenoxy) is 1. The molecule has 1 aliphatic rings. The van der Waals surface area contributed by atoms with Crippen molar-refractivity contribution in [2.24, 2.45) is 0 Å². The Morgan fingerprint density at radius 1 is 1.44 bits per heavy atom. The Hall–Kier alpha value is -1.69. The summed E-state index contributed by atoms with van der Waals surface area (Å²) in [6, 6.07) is 0. The molecule has 0 radical (unpaired) electrons. The van der Waals surface area contributed by atoms with E-state index in [1.54, 1.807) is 6.33 Å². The Balaban J connectivity index is 1.75. The van der Waals surface area contributed by atoms with Gasteiger partial charge in [0.05, 0.1) is 18.6 Å². The van der Waals surface area contributed by atoms with Crippen LogP contribution in [0.4, 0.5) is 0 Å². The normalized spacial score (nSPS) is 19.6. The van der Waals surface area contributed by atoms with Crippen molar-refractivity contribution in [1.29, 1.82) is 0 Å². The molecule has 0 unspecified atom stereocenters. The van der Waals surface area contributed by atoms with Gasteiger partial charge in [0.2, 0.25) is 5.89 Å². The van der Waals surface area contributed by atoms with E-state index in [-0.39, 0.29) is 5.92 Å². The largest absolute Gasteiger partial charge is 0.381 e. The highest BCUT2D eigenvalue weighted by atomic mass is 16.5. The maximum atomic E-state index is 5.32. The molecule has 0 amide bonds. The fourth-order valence-electron chi connectivity index (χ4n) is 2.09. The number of hydrogen-bond acceptors (Lipinski definition) is 5. The fraction of sp³-hybridized carbons (Fsp3) is 0.583. The lowest BCUT2D eigenvalue weighted by molar-refractivity contribution is 0.192. The molecule has 1 saturated heterocycles. The van der Waals surface area contributed by atoms with E-state index >= 15 is 0 Å². The van der Waals surface area contributed by atoms with Gasteiger partial charge in [0, 0.05) is 18.2 Å². The molecule has 0 aliphatic carbocycles. The van der Waals surface area contributed by atoms with Crippen molar-refractivity contribution < 1.29 is 9.26 Å². The van der Waals surface area contributed by atoms with Crippen LogP contribution >= 0.6 is 0 Å². The minimum Gasteiger partial charge on any atom is -0.381 e. The minimum absolute atomic E-state index is 0.285. The summed E-state index contributed by atoms with van der Waals surface area (Å²) < 4.78 is 12.6. The quantitative estimate of drug-likeness (QED) is 0.822. The van der Waals surface area contributed by atoms with Crippen molar-refractivity contribution in [2.45, 2.75) is 32.7 Å². The Bertz CT molecular complexity index is 540. The molecule has 6 heteroatoms. The smallest absolute Gasteiger partial charge is 0.246 e. The molecule has 6 nitrogen and oxygen atoms in total. The van der Waals surface area contributed by atoms with Gasteiger partial charge >= 0.3 is 0 Å². The lowest BCUT2D eigenvalue weighted by Gasteiger charge is -2.00. The molecule has 1 aliphatic heterocycles. The molecule has 2 aromatic heterocycles. The minimum atomic E-state index is 0.285. The molecule has 0 N–H and O–H groups in total. The first kappa shape index (κ1) is 11.4. The zero-order valence-electron chi connectivity index (χ0n) is 10.6. The average molecular weight is 248 g/mol. The molecule has 96 valence electrons. The number of imidazole rings is 1. The van der Waals surface area contributed by atoms with Crippen molar-refractivity contribution in [3.05, 3.63) is 29.4 Å². The van der Waals surface area contributed by atoms with E-state index in [9.17, 15) is 0 Å². The van der Waals surface area contributed by atoms with Crippen LogP contribution in [-0.4, -0.2) is 32.9 Å². The van der Waals surface area contributed by atoms with E-state index in [0.29, 0.717) is 19.0 Å². The van der Waals surface area contributed by atoms with Gasteiger partial charge in [-0.3, -0.25) is 0 Å². The van der Waals surface area contributed by atoms with Gasteiger partial charge in [-0.1, -0.05) is 5.16 Å². The molecule has 1 fully saturated rings. The van der Waals surface area contributed by atoms with Crippen molar-refractivity contribution in [1.82, 2.24) is 19.7 Å². The highest BCUT2D eigenvalue weighted by Crippen LogP contribution is 2.22. The second-order valence-electron chi connectivity index (χ2n) is 4.65. The summed E-state index contributed by atoms with van der Waals surface area (Å²) in [5.41, 5.74) is 2.15. The van der Waals surface area contributed by atoms with Gasteiger partial charge in [-0.2, -0.15) is 4.98 Å². The van der Waals surface area contributed by atoms with Crippen molar-refractivity contribution >= 4 is 0 Å². The van der Waals surface area contributed by atoms with Crippen molar-refractivity contribution in [3.8, 4) is 0 Å². The summed E-state index contributed by atoms with van der Waals surface area (Å²) in [6.07, 6.45) is 2.77. The zero-order chi connectivity index (χ0) is 12.5. The van der Waals surface area contributed by atoms with Crippen molar-refractivity contribution in [2.75, 3.05) is 13.2 Å². The van der Waals surface area contributed by atoms with Gasteiger partial charge in [-0.25, -0.2) is 4.98 Å². The third-order valence-corrected chi connectivity index (χ3v) is 3.43. The second kappa shape index (κ2) is 4.53. The molecule has 2 aromatic rings. The van der Waals surface area contributed by atoms with Crippen molar-refractivity contribution in [3.63, 3.8) is 0 Å². The molecule has 0 saturated carbocycles. The van der Waals surface area contributed by atoms with Gasteiger partial charge in [0.25, 0.3) is 0 Å². The fourth-order valence-corrected chi connectivity index (χ4v) is 2.09. The van der Waals surface area contributed by atoms with Crippen LogP contribution in [0, 0.1) is 13.8 Å². The highest BCUT2D eigenvalue weighted by Gasteiger charge is 2.23. The SMILES string of the molecule is Cc1ncn(Cc2nc([C@H]3CCOC3)no2)c1C. The van der Waals surface area contributed by atoms with E-state index in [1.807, 2.05) is 18.4 Å². The van der Waals surface area contributed by atoms with E-state index in [1.165, 1.54) is 0 Å². The first-order chi connectivity index (χ1) is 8.74. The lowest BCUT2D eigenvalue weighted by Crippen LogP contribution is -2.03. The predicted molar refractivity (Wildman–Crippen MR) is 63.3 cm³/mol. The summed E-state index contributed by atoms with van der Waals surface area (Å²) in [5, 5.41) is 4.03. The van der Waals surface area contributed by atoms with E-state index < -0.39 is 0 Å². The predicted octanol–water partition coefficient (Wildman–Crippen LogP) is 1.44. The maximum absolute atomic E-state index is 5.32. The highest BCUT2D eigenvalue weighted by molar-refractivity contribution is 5.09. The van der Waals surface area contributed by atoms with E-state index in [0.717, 1.165) is 30.2 Å². The number of nitrogens with zero attached hydrogens (tertiary/aromatic N) is 4. The zero-order valence-corrected chi connectivity index (χ0v) is 10.6. The molecule has 0 aromatic carbocycles. The third-order valence-electron chi connectivity index (χ3n) is 3.43. The molecular weight excluding hydrogens is 232 g/mol. The molecule has 0 bridgehead atoms. The van der Waals surface area contributed by atoms with Gasteiger partial charge < -0.3 is 13.8 Å². The van der Waals surface area contributed by atoms with Crippen LogP contribution in [-0.2, 0) is 11.3 Å². The standard InChI is InChI=1S/C12H16N4O2/c1-8-9(2)16(7-13-8)5-11-14-12(15-18-11)10-3-4-17-6-10/h7,10H,3-6H2,1-2H3/t10-/m0/s1. The molecule has 3 rings (SSSR count). The number of aryl methyl sites for hydroxylation is 1. The van der Waals surface area contributed by atoms with Crippen LogP contribution < -0.4 is 0 Å². The van der Waals surface area contributed by atoms with Gasteiger partial charge in [0.15, 0.2) is 5.82 Å². The first-order valence-electron chi connectivity index (χ1n) is 6.12. The summed E-state index contributed by atoms with van der Waals surface area (Å²) in [7, 11) is 0. The van der Waals surface area contributed by atoms with Crippen LogP contribution in [0.2, 0.25) is 0 Å². The van der Waals surface area contributed by atoms with Crippen LogP contribution in [0.25, 0.3) is 0 Å². The van der Waals surface area contributed by atoms with Crippen LogP contribution in [0.1, 0.15) is 35.4 Å². The summed E-state index contributed by atoms with van der Waals surface area (Å²) >= 11 is 0. The first-order valence-corrected chi connectivity index (χ1v) is 6.12. The molecule has 0 spiro atoms.